The third-order valence-corrected chi connectivity index (χ3v) is 3.98. The van der Waals surface area contributed by atoms with Crippen LogP contribution in [0, 0.1) is 6.92 Å². The molecule has 1 aliphatic rings. The fraction of sp³-hybridized carbons (Fsp3) is 0.462. The van der Waals surface area contributed by atoms with Crippen molar-refractivity contribution in [3.63, 3.8) is 0 Å². The predicted octanol–water partition coefficient (Wildman–Crippen LogP) is 3.18. The van der Waals surface area contributed by atoms with Crippen molar-refractivity contribution in [3.05, 3.63) is 23.8 Å². The minimum Gasteiger partial charge on any atom is -0.434 e. The van der Waals surface area contributed by atoms with E-state index in [4.69, 9.17) is 0 Å². The van der Waals surface area contributed by atoms with Gasteiger partial charge in [0.1, 0.15) is 5.75 Å². The van der Waals surface area contributed by atoms with Crippen molar-refractivity contribution in [2.24, 2.45) is 0 Å². The van der Waals surface area contributed by atoms with Crippen LogP contribution in [-0.4, -0.2) is 42.1 Å². The quantitative estimate of drug-likeness (QED) is 0.932. The Morgan fingerprint density at radius 1 is 1.40 bits per heavy atom. The molecule has 0 bridgehead atoms. The first kappa shape index (κ1) is 14.9. The number of ether oxygens (including phenoxy) is 1. The Balaban J connectivity index is 2.06. The van der Waals surface area contributed by atoms with Gasteiger partial charge < -0.3 is 15.0 Å². The van der Waals surface area contributed by atoms with Crippen LogP contribution < -0.4 is 10.1 Å². The number of nitrogens with one attached hydrogen (secondary N) is 1. The molecule has 0 radical (unpaired) electrons. The summed E-state index contributed by atoms with van der Waals surface area (Å²) in [5, 5.41) is 2.75. The van der Waals surface area contributed by atoms with Gasteiger partial charge in [0.15, 0.2) is 0 Å². The number of amides is 2. The minimum absolute atomic E-state index is 0.0759. The summed E-state index contributed by atoms with van der Waals surface area (Å²) < 4.78 is 28.9. The summed E-state index contributed by atoms with van der Waals surface area (Å²) in [6.07, 6.45) is 0. The van der Waals surface area contributed by atoms with E-state index < -0.39 is 6.61 Å². The number of thioether (sulfide) groups is 1. The molecule has 2 rings (SSSR count). The lowest BCUT2D eigenvalue weighted by molar-refractivity contribution is -0.0502. The van der Waals surface area contributed by atoms with Crippen molar-refractivity contribution in [3.8, 4) is 5.75 Å². The monoisotopic (exact) mass is 302 g/mol. The van der Waals surface area contributed by atoms with Gasteiger partial charge in [0.2, 0.25) is 0 Å². The highest BCUT2D eigenvalue weighted by Crippen LogP contribution is 2.27. The minimum atomic E-state index is -2.88. The molecule has 1 saturated heterocycles. The molecule has 1 fully saturated rings. The molecule has 1 heterocycles. The Bertz CT molecular complexity index is 479. The fourth-order valence-electron chi connectivity index (χ4n) is 1.93. The lowest BCUT2D eigenvalue weighted by Gasteiger charge is -2.27. The molecule has 0 aromatic heterocycles. The molecule has 20 heavy (non-hydrogen) atoms. The third-order valence-electron chi connectivity index (χ3n) is 3.04. The van der Waals surface area contributed by atoms with Crippen LogP contribution in [0.4, 0.5) is 19.3 Å². The first-order valence-electron chi connectivity index (χ1n) is 6.26. The average molecular weight is 302 g/mol. The predicted molar refractivity (Wildman–Crippen MR) is 75.7 cm³/mol. The van der Waals surface area contributed by atoms with E-state index in [0.717, 1.165) is 11.5 Å². The van der Waals surface area contributed by atoms with Crippen molar-refractivity contribution in [2.75, 3.05) is 29.9 Å². The van der Waals surface area contributed by atoms with Gasteiger partial charge in [-0.05, 0) is 19.1 Å². The van der Waals surface area contributed by atoms with Crippen LogP contribution in [0.15, 0.2) is 18.2 Å². The molecule has 0 spiro atoms. The van der Waals surface area contributed by atoms with Crippen molar-refractivity contribution in [1.82, 2.24) is 4.90 Å². The molecule has 0 atom stereocenters. The summed E-state index contributed by atoms with van der Waals surface area (Å²) in [7, 11) is 0. The first-order valence-corrected chi connectivity index (χ1v) is 7.41. The van der Waals surface area contributed by atoms with Crippen LogP contribution in [0.5, 0.6) is 5.75 Å². The Hall–Kier alpha value is -1.50. The van der Waals surface area contributed by atoms with E-state index in [0.29, 0.717) is 24.3 Å². The van der Waals surface area contributed by atoms with E-state index >= 15 is 0 Å². The van der Waals surface area contributed by atoms with Crippen LogP contribution in [0.3, 0.4) is 0 Å². The molecule has 7 heteroatoms. The zero-order chi connectivity index (χ0) is 14.5. The van der Waals surface area contributed by atoms with Gasteiger partial charge >= 0.3 is 12.6 Å². The molecule has 110 valence electrons. The molecule has 2 amide bonds. The maximum Gasteiger partial charge on any atom is 0.387 e. The molecule has 1 N–H and O–H groups in total. The second kappa shape index (κ2) is 6.78. The highest BCUT2D eigenvalue weighted by molar-refractivity contribution is 7.99. The van der Waals surface area contributed by atoms with E-state index in [1.165, 1.54) is 6.07 Å². The topological polar surface area (TPSA) is 41.6 Å². The molecule has 0 saturated carbocycles. The summed E-state index contributed by atoms with van der Waals surface area (Å²) in [5.41, 5.74) is 0.985. The summed E-state index contributed by atoms with van der Waals surface area (Å²) in [4.78, 5) is 13.8. The van der Waals surface area contributed by atoms with E-state index in [9.17, 15) is 13.6 Å². The fourth-order valence-corrected chi connectivity index (χ4v) is 2.84. The van der Waals surface area contributed by atoms with Crippen molar-refractivity contribution >= 4 is 23.5 Å². The number of nitrogens with zero attached hydrogens (tertiary/aromatic N) is 1. The highest BCUT2D eigenvalue weighted by Gasteiger charge is 2.18. The summed E-state index contributed by atoms with van der Waals surface area (Å²) in [6, 6.07) is 4.49. The Labute approximate surface area is 120 Å². The standard InChI is InChI=1S/C13H16F2N2O2S/c1-9-10(3-2-4-11(9)19-12(14)15)16-13(18)17-5-7-20-8-6-17/h2-4,12H,5-8H2,1H3,(H,16,18). The SMILES string of the molecule is Cc1c(NC(=O)N2CCSCC2)cccc1OC(F)F. The van der Waals surface area contributed by atoms with Gasteiger partial charge in [0.05, 0.1) is 0 Å². The van der Waals surface area contributed by atoms with Crippen LogP contribution >= 0.6 is 11.8 Å². The van der Waals surface area contributed by atoms with Crippen LogP contribution in [-0.2, 0) is 0 Å². The number of anilines is 1. The Morgan fingerprint density at radius 2 is 2.10 bits per heavy atom. The summed E-state index contributed by atoms with van der Waals surface area (Å²) >= 11 is 1.81. The largest absolute Gasteiger partial charge is 0.434 e. The van der Waals surface area contributed by atoms with Gasteiger partial charge in [-0.25, -0.2) is 4.79 Å². The van der Waals surface area contributed by atoms with Gasteiger partial charge in [0, 0.05) is 35.8 Å². The van der Waals surface area contributed by atoms with Gasteiger partial charge in [-0.3, -0.25) is 0 Å². The van der Waals surface area contributed by atoms with Gasteiger partial charge in [-0.2, -0.15) is 20.5 Å². The number of hydrogen-bond acceptors (Lipinski definition) is 3. The number of alkyl halides is 2. The number of benzene rings is 1. The van der Waals surface area contributed by atoms with E-state index in [1.807, 2.05) is 11.8 Å². The van der Waals surface area contributed by atoms with Crippen LogP contribution in [0.2, 0.25) is 0 Å². The average Bonchev–Trinajstić information content (AvgIpc) is 2.43. The molecular weight excluding hydrogens is 286 g/mol. The van der Waals surface area contributed by atoms with E-state index in [1.54, 1.807) is 24.0 Å². The number of hydrogen-bond donors (Lipinski definition) is 1. The number of rotatable bonds is 3. The maximum atomic E-state index is 12.3. The summed E-state index contributed by atoms with van der Waals surface area (Å²) in [6.45, 7) is 0.157. The Morgan fingerprint density at radius 3 is 2.75 bits per heavy atom. The van der Waals surface area contributed by atoms with Crippen molar-refractivity contribution < 1.29 is 18.3 Å². The normalized spacial score (nSPS) is 15.3. The number of carbonyl (C=O) groups is 1. The first-order chi connectivity index (χ1) is 9.58. The van der Waals surface area contributed by atoms with Crippen LogP contribution in [0.1, 0.15) is 5.56 Å². The second-order valence-corrected chi connectivity index (χ2v) is 5.56. The van der Waals surface area contributed by atoms with E-state index in [-0.39, 0.29) is 11.8 Å². The molecule has 0 aliphatic carbocycles. The van der Waals surface area contributed by atoms with Crippen LogP contribution in [0.25, 0.3) is 0 Å². The number of urea groups is 1. The maximum absolute atomic E-state index is 12.3. The van der Waals surface area contributed by atoms with Crippen molar-refractivity contribution in [2.45, 2.75) is 13.5 Å². The van der Waals surface area contributed by atoms with Gasteiger partial charge in [-0.1, -0.05) is 6.07 Å². The smallest absolute Gasteiger partial charge is 0.387 e. The number of carbonyl (C=O) groups excluding carboxylic acids is 1. The van der Waals surface area contributed by atoms with Gasteiger partial charge in [0.25, 0.3) is 0 Å². The second-order valence-electron chi connectivity index (χ2n) is 4.34. The summed E-state index contributed by atoms with van der Waals surface area (Å²) in [5.74, 6) is 1.91. The lowest BCUT2D eigenvalue weighted by atomic mass is 10.2. The third kappa shape index (κ3) is 3.75. The molecular formula is C13H16F2N2O2S. The van der Waals surface area contributed by atoms with Gasteiger partial charge in [-0.15, -0.1) is 0 Å². The molecule has 1 aromatic carbocycles. The molecule has 1 aliphatic heterocycles. The van der Waals surface area contributed by atoms with E-state index in [2.05, 4.69) is 10.1 Å². The lowest BCUT2D eigenvalue weighted by Crippen LogP contribution is -2.40. The molecule has 4 nitrogen and oxygen atoms in total. The molecule has 0 unspecified atom stereocenters. The number of halogens is 2. The highest BCUT2D eigenvalue weighted by atomic mass is 32.2. The zero-order valence-corrected chi connectivity index (χ0v) is 11.9. The zero-order valence-electron chi connectivity index (χ0n) is 11.1. The van der Waals surface area contributed by atoms with Crippen molar-refractivity contribution in [1.29, 1.82) is 0 Å². The Kier molecular flexibility index (Phi) is 5.05. The molecule has 1 aromatic rings.